The van der Waals surface area contributed by atoms with Crippen LogP contribution in [0.4, 0.5) is 8.78 Å². The second-order valence-corrected chi connectivity index (χ2v) is 4.69. The molecule has 0 saturated carbocycles. The molecule has 0 spiro atoms. The molecule has 0 aromatic heterocycles. The third kappa shape index (κ3) is 3.55. The van der Waals surface area contributed by atoms with Gasteiger partial charge in [0.1, 0.15) is 11.6 Å². The lowest BCUT2D eigenvalue weighted by molar-refractivity contribution is 0.581. The molecular weight excluding hydrogens is 289 g/mol. The zero-order chi connectivity index (χ0) is 13.8. The van der Waals surface area contributed by atoms with Crippen molar-refractivity contribution >= 4 is 34.9 Å². The van der Waals surface area contributed by atoms with E-state index < -0.39 is 11.6 Å². The SMILES string of the molecule is Fc1ccc(/C(=C/c2cccc(Cl)c2)CCl)c(F)c1. The summed E-state index contributed by atoms with van der Waals surface area (Å²) in [5.74, 6) is -1.12. The van der Waals surface area contributed by atoms with Crippen molar-refractivity contribution in [3.8, 4) is 0 Å². The van der Waals surface area contributed by atoms with E-state index in [0.717, 1.165) is 11.6 Å². The van der Waals surface area contributed by atoms with Gasteiger partial charge in [0.2, 0.25) is 0 Å². The number of rotatable bonds is 3. The number of hydrogen-bond acceptors (Lipinski definition) is 0. The Balaban J connectivity index is 2.44. The highest BCUT2D eigenvalue weighted by molar-refractivity contribution is 6.30. The minimum atomic E-state index is -0.631. The molecular formula is C15H10Cl2F2. The molecule has 0 aliphatic carbocycles. The van der Waals surface area contributed by atoms with Gasteiger partial charge in [-0.3, -0.25) is 0 Å². The normalized spacial score (nSPS) is 11.7. The third-order valence-electron chi connectivity index (χ3n) is 2.61. The largest absolute Gasteiger partial charge is 0.207 e. The molecule has 0 unspecified atom stereocenters. The number of benzene rings is 2. The van der Waals surface area contributed by atoms with Crippen LogP contribution in [-0.2, 0) is 0 Å². The smallest absolute Gasteiger partial charge is 0.133 e. The predicted octanol–water partition coefficient (Wildman–Crippen LogP) is 5.40. The Hall–Kier alpha value is -1.38. The summed E-state index contributed by atoms with van der Waals surface area (Å²) in [6.07, 6.45) is 1.73. The maximum Gasteiger partial charge on any atom is 0.133 e. The Kier molecular flexibility index (Phi) is 4.56. The topological polar surface area (TPSA) is 0 Å². The molecule has 4 heteroatoms. The monoisotopic (exact) mass is 298 g/mol. The van der Waals surface area contributed by atoms with E-state index in [-0.39, 0.29) is 11.4 Å². The van der Waals surface area contributed by atoms with Gasteiger partial charge in [-0.2, -0.15) is 0 Å². The van der Waals surface area contributed by atoms with Crippen molar-refractivity contribution in [3.63, 3.8) is 0 Å². The van der Waals surface area contributed by atoms with E-state index in [0.29, 0.717) is 10.6 Å². The van der Waals surface area contributed by atoms with Gasteiger partial charge in [0.25, 0.3) is 0 Å². The second kappa shape index (κ2) is 6.18. The molecule has 0 bridgehead atoms. The molecule has 2 aromatic rings. The molecule has 0 N–H and O–H groups in total. The van der Waals surface area contributed by atoms with Gasteiger partial charge in [-0.25, -0.2) is 8.78 Å². The molecule has 98 valence electrons. The van der Waals surface area contributed by atoms with E-state index in [1.807, 2.05) is 6.07 Å². The highest BCUT2D eigenvalue weighted by Crippen LogP contribution is 2.24. The van der Waals surface area contributed by atoms with Crippen LogP contribution in [0.15, 0.2) is 42.5 Å². The molecule has 0 atom stereocenters. The Morgan fingerprint density at radius 2 is 1.89 bits per heavy atom. The predicted molar refractivity (Wildman–Crippen MR) is 76.4 cm³/mol. The standard InChI is InChI=1S/C15H10Cl2F2/c16-9-11(6-10-2-1-3-12(17)7-10)14-5-4-13(18)8-15(14)19/h1-8H,9H2/b11-6+. The summed E-state index contributed by atoms with van der Waals surface area (Å²) in [5.41, 5.74) is 1.67. The van der Waals surface area contributed by atoms with E-state index in [4.69, 9.17) is 23.2 Å². The van der Waals surface area contributed by atoms with E-state index in [9.17, 15) is 8.78 Å². The minimum absolute atomic E-state index is 0.120. The highest BCUT2D eigenvalue weighted by Gasteiger charge is 2.08. The lowest BCUT2D eigenvalue weighted by atomic mass is 10.0. The van der Waals surface area contributed by atoms with Gasteiger partial charge in [0, 0.05) is 22.5 Å². The van der Waals surface area contributed by atoms with Gasteiger partial charge in [-0.05, 0) is 41.5 Å². The molecule has 0 saturated heterocycles. The first-order valence-electron chi connectivity index (χ1n) is 5.57. The van der Waals surface area contributed by atoms with E-state index in [1.54, 1.807) is 24.3 Å². The summed E-state index contributed by atoms with van der Waals surface area (Å²) in [7, 11) is 0. The molecule has 0 aliphatic rings. The molecule has 0 radical (unpaired) electrons. The molecule has 0 aliphatic heterocycles. The zero-order valence-corrected chi connectivity index (χ0v) is 11.3. The summed E-state index contributed by atoms with van der Waals surface area (Å²) >= 11 is 11.7. The highest BCUT2D eigenvalue weighted by atomic mass is 35.5. The van der Waals surface area contributed by atoms with Crippen LogP contribution in [0.2, 0.25) is 5.02 Å². The number of alkyl halides is 1. The maximum atomic E-state index is 13.7. The minimum Gasteiger partial charge on any atom is -0.207 e. The van der Waals surface area contributed by atoms with E-state index in [1.165, 1.54) is 12.1 Å². The Labute approximate surface area is 120 Å². The average molecular weight is 299 g/mol. The fourth-order valence-electron chi connectivity index (χ4n) is 1.74. The second-order valence-electron chi connectivity index (χ2n) is 3.98. The van der Waals surface area contributed by atoms with Crippen molar-refractivity contribution in [1.29, 1.82) is 0 Å². The summed E-state index contributed by atoms with van der Waals surface area (Å²) in [4.78, 5) is 0. The molecule has 2 aromatic carbocycles. The fourth-order valence-corrected chi connectivity index (χ4v) is 2.16. The van der Waals surface area contributed by atoms with Gasteiger partial charge >= 0.3 is 0 Å². The molecule has 0 heterocycles. The quantitative estimate of drug-likeness (QED) is 0.526. The summed E-state index contributed by atoms with van der Waals surface area (Å²) in [6, 6.07) is 10.5. The van der Waals surface area contributed by atoms with Crippen LogP contribution in [0.25, 0.3) is 11.6 Å². The number of halogens is 4. The van der Waals surface area contributed by atoms with Gasteiger partial charge in [-0.15, -0.1) is 11.6 Å². The Bertz CT molecular complexity index is 621. The van der Waals surface area contributed by atoms with Crippen LogP contribution in [-0.4, -0.2) is 5.88 Å². The van der Waals surface area contributed by atoms with Gasteiger partial charge in [0.15, 0.2) is 0 Å². The lowest BCUT2D eigenvalue weighted by Gasteiger charge is -2.06. The average Bonchev–Trinajstić information content (AvgIpc) is 2.37. The lowest BCUT2D eigenvalue weighted by Crippen LogP contribution is -1.92. The van der Waals surface area contributed by atoms with E-state index in [2.05, 4.69) is 0 Å². The van der Waals surface area contributed by atoms with Gasteiger partial charge < -0.3 is 0 Å². The van der Waals surface area contributed by atoms with Crippen molar-refractivity contribution in [2.75, 3.05) is 5.88 Å². The molecule has 0 fully saturated rings. The molecule has 0 nitrogen and oxygen atoms in total. The van der Waals surface area contributed by atoms with Crippen molar-refractivity contribution < 1.29 is 8.78 Å². The van der Waals surface area contributed by atoms with Crippen molar-refractivity contribution in [3.05, 3.63) is 70.2 Å². The summed E-state index contributed by atoms with van der Waals surface area (Å²) in [6.45, 7) is 0. The first-order chi connectivity index (χ1) is 9.10. The van der Waals surface area contributed by atoms with Crippen LogP contribution >= 0.6 is 23.2 Å². The van der Waals surface area contributed by atoms with E-state index >= 15 is 0 Å². The van der Waals surface area contributed by atoms with Gasteiger partial charge in [0.05, 0.1) is 0 Å². The maximum absolute atomic E-state index is 13.7. The van der Waals surface area contributed by atoms with Gasteiger partial charge in [-0.1, -0.05) is 23.7 Å². The summed E-state index contributed by atoms with van der Waals surface area (Å²) < 4.78 is 26.6. The molecule has 2 rings (SSSR count). The van der Waals surface area contributed by atoms with Crippen LogP contribution in [0, 0.1) is 11.6 Å². The Morgan fingerprint density at radius 3 is 2.53 bits per heavy atom. The van der Waals surface area contributed by atoms with Crippen LogP contribution < -0.4 is 0 Å². The van der Waals surface area contributed by atoms with Crippen molar-refractivity contribution in [1.82, 2.24) is 0 Å². The molecule has 19 heavy (non-hydrogen) atoms. The third-order valence-corrected chi connectivity index (χ3v) is 3.13. The number of hydrogen-bond donors (Lipinski definition) is 0. The molecule has 0 amide bonds. The first kappa shape index (κ1) is 14.0. The number of allylic oxidation sites excluding steroid dienone is 1. The summed E-state index contributed by atoms with van der Waals surface area (Å²) in [5, 5.41) is 0.585. The first-order valence-corrected chi connectivity index (χ1v) is 6.49. The van der Waals surface area contributed by atoms with Crippen LogP contribution in [0.5, 0.6) is 0 Å². The van der Waals surface area contributed by atoms with Crippen LogP contribution in [0.3, 0.4) is 0 Å². The zero-order valence-electron chi connectivity index (χ0n) is 9.84. The van der Waals surface area contributed by atoms with Crippen molar-refractivity contribution in [2.24, 2.45) is 0 Å². The van der Waals surface area contributed by atoms with Crippen LogP contribution in [0.1, 0.15) is 11.1 Å². The Morgan fingerprint density at radius 1 is 1.11 bits per heavy atom. The fraction of sp³-hybridized carbons (Fsp3) is 0.0667. The van der Waals surface area contributed by atoms with Crippen molar-refractivity contribution in [2.45, 2.75) is 0 Å².